The van der Waals surface area contributed by atoms with Crippen molar-refractivity contribution in [2.75, 3.05) is 25.6 Å². The summed E-state index contributed by atoms with van der Waals surface area (Å²) in [7, 11) is 0. The maximum absolute atomic E-state index is 5.71. The summed E-state index contributed by atoms with van der Waals surface area (Å²) in [5.41, 5.74) is 7.59. The lowest BCUT2D eigenvalue weighted by Gasteiger charge is -2.13. The lowest BCUT2D eigenvalue weighted by molar-refractivity contribution is 0.0117. The molecule has 0 heterocycles. The van der Waals surface area contributed by atoms with E-state index in [-0.39, 0.29) is 6.10 Å². The highest BCUT2D eigenvalue weighted by Gasteiger charge is 2.05. The number of hydrogen-bond acceptors (Lipinski definition) is 3. The highest BCUT2D eigenvalue weighted by Crippen LogP contribution is 2.18. The van der Waals surface area contributed by atoms with E-state index in [1.165, 1.54) is 0 Å². The van der Waals surface area contributed by atoms with Gasteiger partial charge in [0.2, 0.25) is 0 Å². The Kier molecular flexibility index (Phi) is 5.90. The van der Waals surface area contributed by atoms with Crippen LogP contribution in [0.3, 0.4) is 0 Å². The number of nitrogen functional groups attached to an aromatic ring is 1. The van der Waals surface area contributed by atoms with Gasteiger partial charge < -0.3 is 15.2 Å². The van der Waals surface area contributed by atoms with Crippen LogP contribution in [0.25, 0.3) is 0 Å². The first-order valence-electron chi connectivity index (χ1n) is 5.78. The molecule has 1 unspecified atom stereocenters. The third-order valence-corrected chi connectivity index (χ3v) is 2.32. The minimum atomic E-state index is 0.0636. The summed E-state index contributed by atoms with van der Waals surface area (Å²) in [5.74, 6) is 0. The van der Waals surface area contributed by atoms with Gasteiger partial charge in [0, 0.05) is 12.3 Å². The van der Waals surface area contributed by atoms with Crippen LogP contribution in [0.4, 0.5) is 5.69 Å². The van der Waals surface area contributed by atoms with Crippen molar-refractivity contribution in [3.05, 3.63) is 29.8 Å². The summed E-state index contributed by atoms with van der Waals surface area (Å²) in [6.45, 7) is 6.19. The first-order valence-corrected chi connectivity index (χ1v) is 5.78. The van der Waals surface area contributed by atoms with Gasteiger partial charge in [0.25, 0.3) is 0 Å². The predicted octanol–water partition coefficient (Wildman–Crippen LogP) is 2.77. The van der Waals surface area contributed by atoms with Crippen LogP contribution in [0.5, 0.6) is 0 Å². The molecule has 0 fully saturated rings. The Bertz CT molecular complexity index is 302. The molecule has 0 aliphatic carbocycles. The molecular weight excluding hydrogens is 202 g/mol. The summed E-state index contributed by atoms with van der Waals surface area (Å²) < 4.78 is 11.0. The fourth-order valence-corrected chi connectivity index (χ4v) is 1.44. The van der Waals surface area contributed by atoms with Crippen LogP contribution in [-0.2, 0) is 9.47 Å². The van der Waals surface area contributed by atoms with Crippen LogP contribution in [0.2, 0.25) is 0 Å². The largest absolute Gasteiger partial charge is 0.399 e. The normalized spacial score (nSPS) is 12.6. The molecule has 0 aliphatic heterocycles. The first-order chi connectivity index (χ1) is 7.74. The van der Waals surface area contributed by atoms with Crippen molar-refractivity contribution in [1.29, 1.82) is 0 Å². The van der Waals surface area contributed by atoms with Crippen molar-refractivity contribution >= 4 is 5.69 Å². The van der Waals surface area contributed by atoms with E-state index >= 15 is 0 Å². The van der Waals surface area contributed by atoms with Gasteiger partial charge in [-0.15, -0.1) is 0 Å². The van der Waals surface area contributed by atoms with E-state index in [0.29, 0.717) is 13.2 Å². The average molecular weight is 223 g/mol. The third-order valence-electron chi connectivity index (χ3n) is 2.32. The molecule has 0 aliphatic rings. The van der Waals surface area contributed by atoms with Crippen LogP contribution < -0.4 is 5.73 Å². The molecule has 0 saturated heterocycles. The van der Waals surface area contributed by atoms with Gasteiger partial charge in [-0.2, -0.15) is 0 Å². The number of ether oxygens (including phenoxy) is 2. The minimum Gasteiger partial charge on any atom is -0.399 e. The highest BCUT2D eigenvalue weighted by atomic mass is 16.5. The van der Waals surface area contributed by atoms with E-state index in [9.17, 15) is 0 Å². The van der Waals surface area contributed by atoms with Gasteiger partial charge in [0.05, 0.1) is 19.3 Å². The number of nitrogens with two attached hydrogens (primary N) is 1. The molecule has 1 atom stereocenters. The zero-order valence-electron chi connectivity index (χ0n) is 10.1. The second-order valence-electron chi connectivity index (χ2n) is 3.80. The number of rotatable bonds is 7. The lowest BCUT2D eigenvalue weighted by atomic mass is 10.1. The molecule has 1 aromatic rings. The topological polar surface area (TPSA) is 44.5 Å². The fourth-order valence-electron chi connectivity index (χ4n) is 1.44. The van der Waals surface area contributed by atoms with Crippen molar-refractivity contribution in [3.8, 4) is 0 Å². The summed E-state index contributed by atoms with van der Waals surface area (Å²) in [6, 6.07) is 7.78. The van der Waals surface area contributed by atoms with E-state index in [4.69, 9.17) is 15.2 Å². The molecule has 1 rings (SSSR count). The zero-order chi connectivity index (χ0) is 11.8. The maximum atomic E-state index is 5.71. The van der Waals surface area contributed by atoms with Gasteiger partial charge in [-0.05, 0) is 31.0 Å². The molecule has 0 amide bonds. The van der Waals surface area contributed by atoms with E-state index in [0.717, 1.165) is 24.3 Å². The molecule has 90 valence electrons. The van der Waals surface area contributed by atoms with Gasteiger partial charge in [-0.1, -0.05) is 19.1 Å². The molecule has 0 radical (unpaired) electrons. The molecular formula is C13H21NO2. The number of anilines is 1. The summed E-state index contributed by atoms with van der Waals surface area (Å²) in [5, 5.41) is 0. The smallest absolute Gasteiger partial charge is 0.0798 e. The Labute approximate surface area is 97.6 Å². The first kappa shape index (κ1) is 13.0. The Morgan fingerprint density at radius 2 is 2.06 bits per heavy atom. The van der Waals surface area contributed by atoms with Crippen molar-refractivity contribution in [3.63, 3.8) is 0 Å². The Hall–Kier alpha value is -1.06. The van der Waals surface area contributed by atoms with Crippen LogP contribution in [0.1, 0.15) is 31.9 Å². The Morgan fingerprint density at radius 3 is 2.75 bits per heavy atom. The zero-order valence-corrected chi connectivity index (χ0v) is 10.1. The van der Waals surface area contributed by atoms with Crippen LogP contribution >= 0.6 is 0 Å². The van der Waals surface area contributed by atoms with Crippen LogP contribution in [0.15, 0.2) is 24.3 Å². The minimum absolute atomic E-state index is 0.0636. The number of benzene rings is 1. The van der Waals surface area contributed by atoms with Gasteiger partial charge in [-0.25, -0.2) is 0 Å². The van der Waals surface area contributed by atoms with Crippen molar-refractivity contribution in [2.24, 2.45) is 0 Å². The van der Waals surface area contributed by atoms with E-state index < -0.39 is 0 Å². The lowest BCUT2D eigenvalue weighted by Crippen LogP contribution is -2.08. The average Bonchev–Trinajstić information content (AvgIpc) is 2.28. The molecule has 3 nitrogen and oxygen atoms in total. The summed E-state index contributed by atoms with van der Waals surface area (Å²) >= 11 is 0. The van der Waals surface area contributed by atoms with Crippen LogP contribution in [0, 0.1) is 0 Å². The summed E-state index contributed by atoms with van der Waals surface area (Å²) in [6.07, 6.45) is 1.11. The highest BCUT2D eigenvalue weighted by molar-refractivity contribution is 5.41. The van der Waals surface area contributed by atoms with Crippen molar-refractivity contribution < 1.29 is 9.47 Å². The molecule has 2 N–H and O–H groups in total. The molecule has 0 saturated carbocycles. The molecule has 16 heavy (non-hydrogen) atoms. The molecule has 0 bridgehead atoms. The quantitative estimate of drug-likeness (QED) is 0.571. The predicted molar refractivity (Wildman–Crippen MR) is 66.3 cm³/mol. The molecule has 3 heteroatoms. The Morgan fingerprint density at radius 1 is 1.25 bits per heavy atom. The van der Waals surface area contributed by atoms with Crippen molar-refractivity contribution in [2.45, 2.75) is 26.4 Å². The van der Waals surface area contributed by atoms with Gasteiger partial charge in [-0.3, -0.25) is 0 Å². The molecule has 1 aromatic carbocycles. The monoisotopic (exact) mass is 223 g/mol. The summed E-state index contributed by atoms with van der Waals surface area (Å²) in [4.78, 5) is 0. The second-order valence-corrected chi connectivity index (χ2v) is 3.80. The standard InChI is InChI=1S/C13H21NO2/c1-3-7-15-8-9-16-11(2)12-5-4-6-13(14)10-12/h4-6,10-11H,3,7-9,14H2,1-2H3. The van der Waals surface area contributed by atoms with Gasteiger partial charge >= 0.3 is 0 Å². The van der Waals surface area contributed by atoms with E-state index in [1.807, 2.05) is 31.2 Å². The molecule has 0 aromatic heterocycles. The van der Waals surface area contributed by atoms with Crippen molar-refractivity contribution in [1.82, 2.24) is 0 Å². The van der Waals surface area contributed by atoms with Gasteiger partial charge in [0.15, 0.2) is 0 Å². The fraction of sp³-hybridized carbons (Fsp3) is 0.538. The van der Waals surface area contributed by atoms with E-state index in [1.54, 1.807) is 0 Å². The Balaban J connectivity index is 2.27. The second kappa shape index (κ2) is 7.25. The maximum Gasteiger partial charge on any atom is 0.0798 e. The van der Waals surface area contributed by atoms with Gasteiger partial charge in [0.1, 0.15) is 0 Å². The van der Waals surface area contributed by atoms with E-state index in [2.05, 4.69) is 6.92 Å². The number of hydrogen-bond donors (Lipinski definition) is 1. The SMILES string of the molecule is CCCOCCOC(C)c1cccc(N)c1. The third kappa shape index (κ3) is 4.64. The molecule has 0 spiro atoms. The van der Waals surface area contributed by atoms with Crippen LogP contribution in [-0.4, -0.2) is 19.8 Å².